The zero-order valence-corrected chi connectivity index (χ0v) is 19.5. The number of halogens is 3. The van der Waals surface area contributed by atoms with Gasteiger partial charge in [-0.25, -0.2) is 17.5 Å². The third-order valence-electron chi connectivity index (χ3n) is 5.35. The van der Waals surface area contributed by atoms with Crippen LogP contribution in [0.5, 0.6) is 0 Å². The van der Waals surface area contributed by atoms with Gasteiger partial charge in [-0.1, -0.05) is 23.7 Å². The first-order chi connectivity index (χ1) is 14.2. The molecule has 30 heavy (non-hydrogen) atoms. The average Bonchev–Trinajstić information content (AvgIpc) is 2.70. The molecule has 5 nitrogen and oxygen atoms in total. The van der Waals surface area contributed by atoms with Crippen LogP contribution < -0.4 is 10.0 Å². The summed E-state index contributed by atoms with van der Waals surface area (Å²) in [6.45, 7) is 1.86. The first kappa shape index (κ1) is 23.2. The van der Waals surface area contributed by atoms with Crippen LogP contribution in [0.15, 0.2) is 51.8 Å². The van der Waals surface area contributed by atoms with Crippen molar-refractivity contribution in [2.24, 2.45) is 5.92 Å². The number of nitrogens with one attached hydrogen (secondary N) is 2. The van der Waals surface area contributed by atoms with Crippen LogP contribution in [-0.2, 0) is 14.8 Å². The number of hydrogen-bond donors (Lipinski definition) is 2. The number of rotatable bonds is 6. The van der Waals surface area contributed by atoms with E-state index in [0.717, 1.165) is 5.56 Å². The molecule has 0 saturated heterocycles. The molecule has 0 bridgehead atoms. The van der Waals surface area contributed by atoms with E-state index in [-0.39, 0.29) is 34.6 Å². The number of hydrogen-bond acceptors (Lipinski definition) is 3. The minimum atomic E-state index is -3.68. The Balaban J connectivity index is 1.53. The molecule has 2 aromatic carbocycles. The van der Waals surface area contributed by atoms with Gasteiger partial charge in [0.05, 0.1) is 16.0 Å². The van der Waals surface area contributed by atoms with Gasteiger partial charge in [-0.05, 0) is 84.4 Å². The van der Waals surface area contributed by atoms with E-state index in [1.165, 1.54) is 24.3 Å². The van der Waals surface area contributed by atoms with Crippen LogP contribution in [0.1, 0.15) is 44.2 Å². The van der Waals surface area contributed by atoms with Gasteiger partial charge in [-0.15, -0.1) is 0 Å². The van der Waals surface area contributed by atoms with Crippen LogP contribution in [-0.4, -0.2) is 20.4 Å². The highest BCUT2D eigenvalue weighted by Gasteiger charge is 2.30. The largest absolute Gasteiger partial charge is 0.349 e. The van der Waals surface area contributed by atoms with E-state index >= 15 is 0 Å². The molecule has 1 saturated carbocycles. The van der Waals surface area contributed by atoms with E-state index < -0.39 is 10.0 Å². The summed E-state index contributed by atoms with van der Waals surface area (Å²) in [5.74, 6) is -0.549. The van der Waals surface area contributed by atoms with Gasteiger partial charge in [-0.3, -0.25) is 4.79 Å². The van der Waals surface area contributed by atoms with Crippen LogP contribution in [0, 0.1) is 11.7 Å². The SMILES string of the molecule is CC(NC(=O)C1CCC(NS(=O)(=O)c2ccc(Br)c(Cl)c2)CC1)c1ccc(F)cc1. The number of sulfonamides is 1. The molecule has 0 aromatic heterocycles. The van der Waals surface area contributed by atoms with Gasteiger partial charge in [0.1, 0.15) is 5.82 Å². The van der Waals surface area contributed by atoms with Crippen molar-refractivity contribution in [1.82, 2.24) is 10.0 Å². The highest BCUT2D eigenvalue weighted by molar-refractivity contribution is 9.10. The lowest BCUT2D eigenvalue weighted by atomic mass is 9.85. The maximum Gasteiger partial charge on any atom is 0.240 e. The highest BCUT2D eigenvalue weighted by Crippen LogP contribution is 2.28. The summed E-state index contributed by atoms with van der Waals surface area (Å²) in [6, 6.07) is 10.1. The Bertz CT molecular complexity index is 1010. The maximum atomic E-state index is 13.1. The van der Waals surface area contributed by atoms with E-state index in [1.54, 1.807) is 18.2 Å². The molecule has 2 N–H and O–H groups in total. The topological polar surface area (TPSA) is 75.3 Å². The standard InChI is InChI=1S/C21H23BrClFN2O3S/c1-13(14-2-6-16(24)7-3-14)25-21(27)15-4-8-17(9-5-15)26-30(28,29)18-10-11-19(22)20(23)12-18/h2-3,6-7,10-13,15,17,26H,4-5,8-9H2,1H3,(H,25,27). The summed E-state index contributed by atoms with van der Waals surface area (Å²) in [4.78, 5) is 12.7. The Kier molecular flexibility index (Phi) is 7.55. The predicted octanol–water partition coefficient (Wildman–Crippen LogP) is 4.96. The van der Waals surface area contributed by atoms with Gasteiger partial charge < -0.3 is 5.32 Å². The summed E-state index contributed by atoms with van der Waals surface area (Å²) in [7, 11) is -3.68. The third-order valence-corrected chi connectivity index (χ3v) is 8.10. The molecule has 9 heteroatoms. The van der Waals surface area contributed by atoms with E-state index in [4.69, 9.17) is 11.6 Å². The quantitative estimate of drug-likeness (QED) is 0.569. The van der Waals surface area contributed by atoms with Gasteiger partial charge in [0.2, 0.25) is 15.9 Å². The highest BCUT2D eigenvalue weighted by atomic mass is 79.9. The van der Waals surface area contributed by atoms with Crippen LogP contribution in [0.2, 0.25) is 5.02 Å². The second-order valence-electron chi connectivity index (χ2n) is 7.53. The van der Waals surface area contributed by atoms with Crippen molar-refractivity contribution >= 4 is 43.5 Å². The molecule has 1 atom stereocenters. The van der Waals surface area contributed by atoms with Crippen LogP contribution >= 0.6 is 27.5 Å². The fourth-order valence-corrected chi connectivity index (χ4v) is 5.39. The molecule has 1 aliphatic carbocycles. The maximum absolute atomic E-state index is 13.1. The number of amides is 1. The molecule has 1 aliphatic rings. The first-order valence-corrected chi connectivity index (χ1v) is 12.3. The smallest absolute Gasteiger partial charge is 0.240 e. The zero-order valence-electron chi connectivity index (χ0n) is 16.4. The van der Waals surface area contributed by atoms with Crippen molar-refractivity contribution in [3.63, 3.8) is 0 Å². The third kappa shape index (κ3) is 5.81. The van der Waals surface area contributed by atoms with Crippen LogP contribution in [0.25, 0.3) is 0 Å². The Morgan fingerprint density at radius 3 is 2.37 bits per heavy atom. The predicted molar refractivity (Wildman–Crippen MR) is 118 cm³/mol. The van der Waals surface area contributed by atoms with E-state index in [1.807, 2.05) is 6.92 Å². The normalized spacial score (nSPS) is 20.5. The lowest BCUT2D eigenvalue weighted by Crippen LogP contribution is -2.41. The van der Waals surface area contributed by atoms with Gasteiger partial charge in [0.15, 0.2) is 0 Å². The summed E-state index contributed by atoms with van der Waals surface area (Å²) < 4.78 is 41.6. The molecule has 0 radical (unpaired) electrons. The van der Waals surface area contributed by atoms with Crippen LogP contribution in [0.4, 0.5) is 4.39 Å². The van der Waals surface area contributed by atoms with E-state index in [0.29, 0.717) is 35.2 Å². The van der Waals surface area contributed by atoms with Crippen molar-refractivity contribution in [2.45, 2.75) is 49.6 Å². The van der Waals surface area contributed by atoms with Crippen molar-refractivity contribution < 1.29 is 17.6 Å². The molecule has 3 rings (SSSR count). The molecule has 0 aliphatic heterocycles. The molecule has 2 aromatic rings. The monoisotopic (exact) mass is 516 g/mol. The Hall–Kier alpha value is -1.48. The number of benzene rings is 2. The zero-order chi connectivity index (χ0) is 21.9. The van der Waals surface area contributed by atoms with E-state index in [2.05, 4.69) is 26.0 Å². The molecule has 1 amide bonds. The number of carbonyl (C=O) groups excluding carboxylic acids is 1. The Labute approximate surface area is 189 Å². The van der Waals surface area contributed by atoms with Gasteiger partial charge >= 0.3 is 0 Å². The lowest BCUT2D eigenvalue weighted by molar-refractivity contribution is -0.126. The summed E-state index contributed by atoms with van der Waals surface area (Å²) in [6.07, 6.45) is 2.34. The second kappa shape index (κ2) is 9.77. The van der Waals surface area contributed by atoms with E-state index in [9.17, 15) is 17.6 Å². The lowest BCUT2D eigenvalue weighted by Gasteiger charge is -2.29. The molecular weight excluding hydrogens is 495 g/mol. The number of carbonyl (C=O) groups is 1. The van der Waals surface area contributed by atoms with Crippen molar-refractivity contribution in [3.8, 4) is 0 Å². The van der Waals surface area contributed by atoms with Gasteiger partial charge in [0.25, 0.3) is 0 Å². The molecule has 0 heterocycles. The average molecular weight is 518 g/mol. The Morgan fingerprint density at radius 2 is 1.77 bits per heavy atom. The van der Waals surface area contributed by atoms with Crippen molar-refractivity contribution in [2.75, 3.05) is 0 Å². The molecule has 1 unspecified atom stereocenters. The molecule has 0 spiro atoms. The fourth-order valence-electron chi connectivity index (χ4n) is 3.57. The molecule has 162 valence electrons. The van der Waals surface area contributed by atoms with Gasteiger partial charge in [0, 0.05) is 16.4 Å². The van der Waals surface area contributed by atoms with Crippen LogP contribution in [0.3, 0.4) is 0 Å². The first-order valence-electron chi connectivity index (χ1n) is 9.69. The summed E-state index contributed by atoms with van der Waals surface area (Å²) in [5, 5.41) is 3.29. The Morgan fingerprint density at radius 1 is 1.13 bits per heavy atom. The molecular formula is C21H23BrClFN2O3S. The molecule has 1 fully saturated rings. The summed E-state index contributed by atoms with van der Waals surface area (Å²) in [5.41, 5.74) is 0.833. The minimum Gasteiger partial charge on any atom is -0.349 e. The minimum absolute atomic E-state index is 0.0622. The summed E-state index contributed by atoms with van der Waals surface area (Å²) >= 11 is 9.26. The fraction of sp³-hybridized carbons (Fsp3) is 0.381. The van der Waals surface area contributed by atoms with Crippen molar-refractivity contribution in [1.29, 1.82) is 0 Å². The van der Waals surface area contributed by atoms with Gasteiger partial charge in [-0.2, -0.15) is 0 Å². The second-order valence-corrected chi connectivity index (χ2v) is 10.5. The van der Waals surface area contributed by atoms with Crippen molar-refractivity contribution in [3.05, 3.63) is 63.3 Å².